The summed E-state index contributed by atoms with van der Waals surface area (Å²) in [6.07, 6.45) is -2.47. The van der Waals surface area contributed by atoms with Crippen LogP contribution in [0.15, 0.2) is 0 Å². The molecule has 1 rings (SSSR count). The molecule has 0 aromatic heterocycles. The van der Waals surface area contributed by atoms with Crippen LogP contribution >= 0.6 is 0 Å². The Balaban J connectivity index is 0.000000384. The second-order valence-electron chi connectivity index (χ2n) is 4.36. The highest BCUT2D eigenvalue weighted by Crippen LogP contribution is 2.11. The third-order valence-corrected chi connectivity index (χ3v) is 2.72. The second-order valence-corrected chi connectivity index (χ2v) is 4.36. The molecule has 21 heavy (non-hydrogen) atoms. The summed E-state index contributed by atoms with van der Waals surface area (Å²) in [5, 5.41) is 35.7. The Labute approximate surface area is 121 Å². The van der Waals surface area contributed by atoms with Crippen molar-refractivity contribution in [2.75, 3.05) is 19.7 Å². The van der Waals surface area contributed by atoms with E-state index in [9.17, 15) is 14.4 Å². The summed E-state index contributed by atoms with van der Waals surface area (Å²) >= 11 is 0. The van der Waals surface area contributed by atoms with Crippen molar-refractivity contribution in [3.05, 3.63) is 0 Å². The standard InChI is InChI=1S/C8H15NO2.C4H6O6/c1-2-11-8(10)7-4-3-5-9-6-7;5-1(3(7)8)2(6)4(9)10/h7,9H,2-6H2,1H3;1-2,5-6H,(H,7,8)(H,9,10)/t7-;/m1./s1. The fraction of sp³-hybridized carbons (Fsp3) is 0.750. The Bertz CT molecular complexity index is 335. The first-order chi connectivity index (χ1) is 9.81. The first-order valence-corrected chi connectivity index (χ1v) is 6.50. The van der Waals surface area contributed by atoms with Gasteiger partial charge in [0.2, 0.25) is 0 Å². The highest BCUT2D eigenvalue weighted by Gasteiger charge is 2.29. The number of hydrogen-bond acceptors (Lipinski definition) is 7. The van der Waals surface area contributed by atoms with Gasteiger partial charge in [-0.05, 0) is 26.3 Å². The summed E-state index contributed by atoms with van der Waals surface area (Å²) < 4.78 is 4.90. The van der Waals surface area contributed by atoms with Crippen LogP contribution in [-0.2, 0) is 19.1 Å². The van der Waals surface area contributed by atoms with Gasteiger partial charge in [-0.1, -0.05) is 0 Å². The molecule has 1 fully saturated rings. The molecule has 1 saturated heterocycles. The van der Waals surface area contributed by atoms with Crippen molar-refractivity contribution >= 4 is 17.9 Å². The number of carboxylic acids is 2. The Morgan fingerprint density at radius 2 is 1.71 bits per heavy atom. The zero-order chi connectivity index (χ0) is 16.4. The number of carbonyl (C=O) groups is 3. The average Bonchev–Trinajstić information content (AvgIpc) is 2.47. The largest absolute Gasteiger partial charge is 0.479 e. The molecule has 0 bridgehead atoms. The number of aliphatic hydroxyl groups excluding tert-OH is 2. The molecular formula is C12H21NO8. The molecule has 0 aliphatic carbocycles. The Kier molecular flexibility index (Phi) is 9.26. The maximum Gasteiger partial charge on any atom is 0.335 e. The van der Waals surface area contributed by atoms with E-state index in [0.29, 0.717) is 6.61 Å². The van der Waals surface area contributed by atoms with Gasteiger partial charge in [0.05, 0.1) is 12.5 Å². The minimum atomic E-state index is -2.27. The minimum Gasteiger partial charge on any atom is -0.479 e. The number of rotatable bonds is 5. The monoisotopic (exact) mass is 307 g/mol. The average molecular weight is 307 g/mol. The van der Waals surface area contributed by atoms with Crippen molar-refractivity contribution in [3.63, 3.8) is 0 Å². The number of ether oxygens (including phenoxy) is 1. The molecule has 1 heterocycles. The van der Waals surface area contributed by atoms with Crippen molar-refractivity contribution in [3.8, 4) is 0 Å². The number of piperidine rings is 1. The van der Waals surface area contributed by atoms with E-state index < -0.39 is 24.1 Å². The molecule has 0 spiro atoms. The van der Waals surface area contributed by atoms with E-state index in [1.54, 1.807) is 0 Å². The van der Waals surface area contributed by atoms with Crippen molar-refractivity contribution < 1.29 is 39.5 Å². The third-order valence-electron chi connectivity index (χ3n) is 2.72. The molecule has 0 aromatic rings. The lowest BCUT2D eigenvalue weighted by Crippen LogP contribution is -2.39. The Hall–Kier alpha value is -1.71. The predicted molar refractivity (Wildman–Crippen MR) is 69.5 cm³/mol. The van der Waals surface area contributed by atoms with Gasteiger partial charge in [-0.3, -0.25) is 4.79 Å². The zero-order valence-electron chi connectivity index (χ0n) is 11.7. The van der Waals surface area contributed by atoms with Crippen LogP contribution in [0.25, 0.3) is 0 Å². The molecule has 122 valence electrons. The van der Waals surface area contributed by atoms with Crippen molar-refractivity contribution in [1.29, 1.82) is 0 Å². The molecule has 5 N–H and O–H groups in total. The zero-order valence-corrected chi connectivity index (χ0v) is 11.7. The molecule has 9 nitrogen and oxygen atoms in total. The normalized spacial score (nSPS) is 20.4. The topological polar surface area (TPSA) is 153 Å². The SMILES string of the molecule is CCOC(=O)[C@@H]1CCCNC1.O=C(O)C(O)C(O)C(=O)O. The number of hydrogen-bond donors (Lipinski definition) is 5. The summed E-state index contributed by atoms with van der Waals surface area (Å²) in [5.74, 6) is -3.48. The van der Waals surface area contributed by atoms with Crippen LogP contribution in [0.2, 0.25) is 0 Å². The molecule has 9 heteroatoms. The van der Waals surface area contributed by atoms with Crippen LogP contribution in [-0.4, -0.2) is 70.2 Å². The first-order valence-electron chi connectivity index (χ1n) is 6.50. The van der Waals surface area contributed by atoms with Gasteiger partial charge in [0.15, 0.2) is 12.2 Å². The number of carbonyl (C=O) groups excluding carboxylic acids is 1. The predicted octanol–water partition coefficient (Wildman–Crippen LogP) is -1.57. The van der Waals surface area contributed by atoms with Crippen LogP contribution < -0.4 is 5.32 Å². The van der Waals surface area contributed by atoms with Gasteiger partial charge in [0.25, 0.3) is 0 Å². The molecule has 1 aliphatic rings. The van der Waals surface area contributed by atoms with Gasteiger partial charge >= 0.3 is 17.9 Å². The van der Waals surface area contributed by atoms with Crippen LogP contribution in [0.1, 0.15) is 19.8 Å². The molecule has 0 aromatic carbocycles. The van der Waals surface area contributed by atoms with Crippen LogP contribution in [0.3, 0.4) is 0 Å². The van der Waals surface area contributed by atoms with Gasteiger partial charge in [0.1, 0.15) is 0 Å². The van der Waals surface area contributed by atoms with E-state index in [2.05, 4.69) is 5.32 Å². The maximum absolute atomic E-state index is 11.1. The Morgan fingerprint density at radius 1 is 1.19 bits per heavy atom. The molecule has 0 radical (unpaired) electrons. The molecule has 3 atom stereocenters. The van der Waals surface area contributed by atoms with Gasteiger partial charge in [0, 0.05) is 6.54 Å². The van der Waals surface area contributed by atoms with Crippen molar-refractivity contribution in [2.45, 2.75) is 32.0 Å². The lowest BCUT2D eigenvalue weighted by atomic mass is 10.0. The lowest BCUT2D eigenvalue weighted by molar-refractivity contribution is -0.165. The van der Waals surface area contributed by atoms with E-state index in [-0.39, 0.29) is 11.9 Å². The first kappa shape index (κ1) is 19.3. The third kappa shape index (κ3) is 7.59. The summed E-state index contributed by atoms with van der Waals surface area (Å²) in [6.45, 7) is 4.16. The van der Waals surface area contributed by atoms with E-state index in [1.165, 1.54) is 0 Å². The fourth-order valence-electron chi connectivity index (χ4n) is 1.58. The number of aliphatic carboxylic acids is 2. The molecule has 0 amide bonds. The quantitative estimate of drug-likeness (QED) is 0.379. The van der Waals surface area contributed by atoms with Crippen LogP contribution in [0.4, 0.5) is 0 Å². The smallest absolute Gasteiger partial charge is 0.335 e. The van der Waals surface area contributed by atoms with E-state index >= 15 is 0 Å². The van der Waals surface area contributed by atoms with Gasteiger partial charge in [-0.25, -0.2) is 9.59 Å². The van der Waals surface area contributed by atoms with Gasteiger partial charge in [-0.15, -0.1) is 0 Å². The number of aliphatic hydroxyl groups is 2. The van der Waals surface area contributed by atoms with Crippen LogP contribution in [0.5, 0.6) is 0 Å². The molecular weight excluding hydrogens is 286 g/mol. The number of nitrogens with one attached hydrogen (secondary N) is 1. The maximum atomic E-state index is 11.1. The highest BCUT2D eigenvalue weighted by molar-refractivity contribution is 5.83. The van der Waals surface area contributed by atoms with Crippen molar-refractivity contribution in [1.82, 2.24) is 5.32 Å². The summed E-state index contributed by atoms with van der Waals surface area (Å²) in [5.41, 5.74) is 0. The summed E-state index contributed by atoms with van der Waals surface area (Å²) in [7, 11) is 0. The van der Waals surface area contributed by atoms with Gasteiger partial charge < -0.3 is 30.5 Å². The number of carboxylic acid groups (broad SMARTS) is 2. The number of esters is 1. The fourth-order valence-corrected chi connectivity index (χ4v) is 1.58. The lowest BCUT2D eigenvalue weighted by Gasteiger charge is -2.20. The minimum absolute atomic E-state index is 0.0419. The molecule has 1 aliphatic heterocycles. The summed E-state index contributed by atoms with van der Waals surface area (Å²) in [4.78, 5) is 30.7. The van der Waals surface area contributed by atoms with E-state index in [0.717, 1.165) is 25.9 Å². The Morgan fingerprint density at radius 3 is 2.05 bits per heavy atom. The molecule has 0 saturated carbocycles. The van der Waals surface area contributed by atoms with Crippen molar-refractivity contribution in [2.24, 2.45) is 5.92 Å². The highest BCUT2D eigenvalue weighted by atomic mass is 16.5. The second kappa shape index (κ2) is 10.1. The summed E-state index contributed by atoms with van der Waals surface area (Å²) in [6, 6.07) is 0. The van der Waals surface area contributed by atoms with E-state index in [4.69, 9.17) is 25.2 Å². The molecule has 2 unspecified atom stereocenters. The van der Waals surface area contributed by atoms with Crippen LogP contribution in [0, 0.1) is 5.92 Å². The van der Waals surface area contributed by atoms with E-state index in [1.807, 2.05) is 6.92 Å². The van der Waals surface area contributed by atoms with Gasteiger partial charge in [-0.2, -0.15) is 0 Å².